The first-order chi connectivity index (χ1) is 10.9. The molecule has 1 aliphatic carbocycles. The first-order valence-electron chi connectivity index (χ1n) is 6.93. The number of alkyl halides is 3. The predicted octanol–water partition coefficient (Wildman–Crippen LogP) is 1.30. The number of aromatic amines is 1. The summed E-state index contributed by atoms with van der Waals surface area (Å²) in [5, 5.41) is 2.34. The zero-order valence-corrected chi connectivity index (χ0v) is 11.8. The molecule has 1 aliphatic rings. The van der Waals surface area contributed by atoms with Gasteiger partial charge in [-0.1, -0.05) is 18.2 Å². The molecule has 1 saturated carbocycles. The number of amides is 1. The molecule has 0 bridgehead atoms. The first kappa shape index (κ1) is 15.3. The van der Waals surface area contributed by atoms with Gasteiger partial charge in [0.25, 0.3) is 0 Å². The van der Waals surface area contributed by atoms with Crippen LogP contribution >= 0.6 is 0 Å². The number of hydrogen-bond donors (Lipinski definition) is 1. The van der Waals surface area contributed by atoms with E-state index in [1.54, 1.807) is 30.3 Å². The molecule has 9 heteroatoms. The molecule has 0 radical (unpaired) electrons. The Labute approximate surface area is 128 Å². The largest absolute Gasteiger partial charge is 0.471 e. The van der Waals surface area contributed by atoms with Crippen LogP contribution in [-0.2, 0) is 11.3 Å². The SMILES string of the molecule is O=C(N(Cc1c(=O)o[nH][n+]1-c1ccccc1)C1CC1)C(F)(F)F. The molecule has 1 aromatic carbocycles. The second kappa shape index (κ2) is 5.56. The van der Waals surface area contributed by atoms with Crippen molar-refractivity contribution in [1.29, 1.82) is 0 Å². The summed E-state index contributed by atoms with van der Waals surface area (Å²) in [4.78, 5) is 24.1. The second-order valence-corrected chi connectivity index (χ2v) is 5.26. The lowest BCUT2D eigenvalue weighted by Gasteiger charge is -2.20. The van der Waals surface area contributed by atoms with Gasteiger partial charge in [0.05, 0.1) is 0 Å². The van der Waals surface area contributed by atoms with Crippen LogP contribution in [0.1, 0.15) is 18.5 Å². The minimum absolute atomic E-state index is 0.0688. The van der Waals surface area contributed by atoms with E-state index in [1.807, 2.05) is 0 Å². The Morgan fingerprint density at radius 3 is 2.52 bits per heavy atom. The van der Waals surface area contributed by atoms with Crippen LogP contribution in [0.2, 0.25) is 0 Å². The van der Waals surface area contributed by atoms with Gasteiger partial charge in [-0.25, -0.2) is 4.79 Å². The number of hydrogen-bond acceptors (Lipinski definition) is 3. The third-order valence-corrected chi connectivity index (χ3v) is 3.56. The van der Waals surface area contributed by atoms with Crippen LogP contribution in [0.5, 0.6) is 0 Å². The van der Waals surface area contributed by atoms with Crippen LogP contribution in [0.3, 0.4) is 0 Å². The number of carbonyl (C=O) groups excluding carboxylic acids is 1. The fourth-order valence-electron chi connectivity index (χ4n) is 2.29. The molecule has 6 nitrogen and oxygen atoms in total. The highest BCUT2D eigenvalue weighted by molar-refractivity contribution is 5.82. The average molecular weight is 328 g/mol. The number of aromatic nitrogens is 2. The molecular formula is C14H13F3N3O3+. The molecule has 3 rings (SSSR count). The maximum absolute atomic E-state index is 12.7. The van der Waals surface area contributed by atoms with Crippen LogP contribution in [0.25, 0.3) is 5.69 Å². The molecular weight excluding hydrogens is 315 g/mol. The van der Waals surface area contributed by atoms with Crippen molar-refractivity contribution < 1.29 is 27.2 Å². The summed E-state index contributed by atoms with van der Waals surface area (Å²) in [6.07, 6.45) is -4.00. The summed E-state index contributed by atoms with van der Waals surface area (Å²) >= 11 is 0. The summed E-state index contributed by atoms with van der Waals surface area (Å²) < 4.78 is 44.1. The van der Waals surface area contributed by atoms with E-state index in [-0.39, 0.29) is 5.69 Å². The Kier molecular flexibility index (Phi) is 3.70. The van der Waals surface area contributed by atoms with Gasteiger partial charge in [0.15, 0.2) is 0 Å². The molecule has 0 saturated heterocycles. The lowest BCUT2D eigenvalue weighted by Crippen LogP contribution is -2.47. The van der Waals surface area contributed by atoms with E-state index in [4.69, 9.17) is 0 Å². The topological polar surface area (TPSA) is 70.2 Å². The van der Waals surface area contributed by atoms with Crippen molar-refractivity contribution in [3.63, 3.8) is 0 Å². The Morgan fingerprint density at radius 1 is 1.30 bits per heavy atom. The Bertz CT molecular complexity index is 763. The molecule has 122 valence electrons. The predicted molar refractivity (Wildman–Crippen MR) is 70.5 cm³/mol. The number of para-hydroxylation sites is 1. The molecule has 0 aliphatic heterocycles. The molecule has 1 fully saturated rings. The molecule has 23 heavy (non-hydrogen) atoms. The number of halogens is 3. The van der Waals surface area contributed by atoms with Crippen LogP contribution in [0, 0.1) is 0 Å². The van der Waals surface area contributed by atoms with Crippen LogP contribution in [0.15, 0.2) is 39.6 Å². The third kappa shape index (κ3) is 3.13. The Hall–Kier alpha value is -2.58. The van der Waals surface area contributed by atoms with Gasteiger partial charge in [0, 0.05) is 18.2 Å². The molecule has 0 unspecified atom stereocenters. The molecule has 1 heterocycles. The van der Waals surface area contributed by atoms with Gasteiger partial charge < -0.3 is 4.90 Å². The first-order valence-corrected chi connectivity index (χ1v) is 6.93. The van der Waals surface area contributed by atoms with Crippen molar-refractivity contribution in [2.24, 2.45) is 0 Å². The van der Waals surface area contributed by atoms with Crippen LogP contribution in [-0.4, -0.2) is 28.3 Å². The summed E-state index contributed by atoms with van der Waals surface area (Å²) in [6.45, 7) is -0.469. The van der Waals surface area contributed by atoms with Crippen LogP contribution in [0.4, 0.5) is 13.2 Å². The quantitative estimate of drug-likeness (QED) is 0.860. The van der Waals surface area contributed by atoms with E-state index in [9.17, 15) is 22.8 Å². The van der Waals surface area contributed by atoms with E-state index >= 15 is 0 Å². The molecule has 1 N–H and O–H groups in total. The number of carbonyl (C=O) groups is 1. The number of benzene rings is 1. The minimum atomic E-state index is -4.98. The van der Waals surface area contributed by atoms with Gasteiger partial charge in [0.1, 0.15) is 6.54 Å². The maximum atomic E-state index is 12.7. The van der Waals surface area contributed by atoms with Gasteiger partial charge in [-0.3, -0.25) is 9.32 Å². The van der Waals surface area contributed by atoms with Crippen molar-refractivity contribution >= 4 is 5.91 Å². The average Bonchev–Trinajstić information content (AvgIpc) is 3.28. The summed E-state index contributed by atoms with van der Waals surface area (Å²) in [5.74, 6) is -1.94. The van der Waals surface area contributed by atoms with E-state index in [2.05, 4.69) is 9.79 Å². The highest BCUT2D eigenvalue weighted by Gasteiger charge is 2.48. The molecule has 1 aromatic heterocycles. The normalized spacial score (nSPS) is 14.7. The fourth-order valence-corrected chi connectivity index (χ4v) is 2.29. The Balaban J connectivity index is 1.94. The summed E-state index contributed by atoms with van der Waals surface area (Å²) in [5.41, 5.74) is -0.362. The lowest BCUT2D eigenvalue weighted by atomic mass is 10.3. The Morgan fingerprint density at radius 2 is 1.96 bits per heavy atom. The molecule has 0 spiro atoms. The number of rotatable bonds is 4. The van der Waals surface area contributed by atoms with Gasteiger partial charge in [0.2, 0.25) is 5.69 Å². The molecule has 2 aromatic rings. The number of H-pyrrole nitrogens is 1. The molecule has 0 atom stereocenters. The van der Waals surface area contributed by atoms with Gasteiger partial charge in [-0.2, -0.15) is 13.2 Å². The second-order valence-electron chi connectivity index (χ2n) is 5.26. The standard InChI is InChI=1S/C14H12F3N3O3/c15-14(16,17)13(22)19(9-6-7-9)8-11-12(21)23-18-20(11)10-4-2-1-3-5-10/h1-5,9H,6-8H2/p+1. The van der Waals surface area contributed by atoms with Gasteiger partial charge in [-0.05, 0) is 22.8 Å². The smallest absolute Gasteiger partial charge is 0.321 e. The highest BCUT2D eigenvalue weighted by Crippen LogP contribution is 2.31. The van der Waals surface area contributed by atoms with Crippen molar-refractivity contribution in [3.8, 4) is 5.69 Å². The number of nitrogens with zero attached hydrogens (tertiary/aromatic N) is 2. The van der Waals surface area contributed by atoms with E-state index in [0.29, 0.717) is 23.4 Å². The highest BCUT2D eigenvalue weighted by atomic mass is 19.4. The zero-order valence-electron chi connectivity index (χ0n) is 11.8. The summed E-state index contributed by atoms with van der Waals surface area (Å²) in [6, 6.07) is 7.98. The van der Waals surface area contributed by atoms with Gasteiger partial charge >= 0.3 is 23.4 Å². The van der Waals surface area contributed by atoms with E-state index < -0.39 is 30.3 Å². The van der Waals surface area contributed by atoms with E-state index in [0.717, 1.165) is 0 Å². The van der Waals surface area contributed by atoms with Crippen LogP contribution < -0.4 is 10.3 Å². The zero-order chi connectivity index (χ0) is 16.6. The third-order valence-electron chi connectivity index (χ3n) is 3.56. The minimum Gasteiger partial charge on any atom is -0.321 e. The molecule has 1 amide bonds. The van der Waals surface area contributed by atoms with Crippen molar-refractivity contribution in [3.05, 3.63) is 46.4 Å². The van der Waals surface area contributed by atoms with Gasteiger partial charge in [-0.15, -0.1) is 0 Å². The van der Waals surface area contributed by atoms with Crippen molar-refractivity contribution in [2.75, 3.05) is 0 Å². The van der Waals surface area contributed by atoms with E-state index in [1.165, 1.54) is 4.68 Å². The van der Waals surface area contributed by atoms with Crippen molar-refractivity contribution in [2.45, 2.75) is 31.6 Å². The fraction of sp³-hybridized carbons (Fsp3) is 0.357. The summed E-state index contributed by atoms with van der Waals surface area (Å²) in [7, 11) is 0. The maximum Gasteiger partial charge on any atom is 0.471 e. The number of nitrogens with one attached hydrogen (secondary N) is 1. The monoisotopic (exact) mass is 328 g/mol. The lowest BCUT2D eigenvalue weighted by molar-refractivity contribution is -0.678. The van der Waals surface area contributed by atoms with Crippen molar-refractivity contribution in [1.82, 2.24) is 10.2 Å².